The normalized spacial score (nSPS) is 31.1. The summed E-state index contributed by atoms with van der Waals surface area (Å²) in [6.45, 7) is 6.11. The molecule has 3 heterocycles. The highest BCUT2D eigenvalue weighted by Crippen LogP contribution is 2.36. The lowest BCUT2D eigenvalue weighted by molar-refractivity contribution is -0.150. The summed E-state index contributed by atoms with van der Waals surface area (Å²) >= 11 is 0. The number of hydrogen-bond donors (Lipinski definition) is 0. The summed E-state index contributed by atoms with van der Waals surface area (Å²) in [5, 5.41) is 0. The lowest BCUT2D eigenvalue weighted by Gasteiger charge is -2.26. The molecule has 0 unspecified atom stereocenters. The monoisotopic (exact) mass is 532 g/mol. The van der Waals surface area contributed by atoms with Crippen molar-refractivity contribution in [3.8, 4) is 0 Å². The van der Waals surface area contributed by atoms with Crippen molar-refractivity contribution < 1.29 is 36.3 Å². The van der Waals surface area contributed by atoms with E-state index >= 15 is 0 Å². The van der Waals surface area contributed by atoms with E-state index in [1.807, 2.05) is 13.8 Å². The van der Waals surface area contributed by atoms with Gasteiger partial charge in [0, 0.05) is 6.42 Å². The molecule has 0 bridgehead atoms. The molecule has 0 aromatic carbocycles. The predicted molar refractivity (Wildman–Crippen MR) is 137 cm³/mol. The zero-order valence-electron chi connectivity index (χ0n) is 22.7. The van der Waals surface area contributed by atoms with Crippen molar-refractivity contribution in [2.75, 3.05) is 6.26 Å². The number of carbonyl (C=O) groups excluding carboxylic acids is 1. The molecule has 0 spiro atoms. The molecule has 0 saturated carbocycles. The van der Waals surface area contributed by atoms with Gasteiger partial charge in [-0.2, -0.15) is 8.42 Å². The van der Waals surface area contributed by atoms with E-state index in [1.54, 1.807) is 0 Å². The van der Waals surface area contributed by atoms with E-state index in [2.05, 4.69) is 6.92 Å². The van der Waals surface area contributed by atoms with Gasteiger partial charge >= 0.3 is 5.97 Å². The molecule has 3 aliphatic rings. The highest BCUT2D eigenvalue weighted by atomic mass is 32.2. The van der Waals surface area contributed by atoms with Gasteiger partial charge in [0.25, 0.3) is 10.1 Å². The van der Waals surface area contributed by atoms with Crippen LogP contribution in [0.2, 0.25) is 0 Å². The fourth-order valence-electron chi connectivity index (χ4n) is 5.77. The summed E-state index contributed by atoms with van der Waals surface area (Å²) in [4.78, 5) is 11.5. The third kappa shape index (κ3) is 9.86. The van der Waals surface area contributed by atoms with E-state index in [0.29, 0.717) is 32.1 Å². The number of carbonyl (C=O) groups is 1. The molecule has 3 aliphatic heterocycles. The van der Waals surface area contributed by atoms with Crippen molar-refractivity contribution in [3.63, 3.8) is 0 Å². The summed E-state index contributed by atoms with van der Waals surface area (Å²) in [7, 11) is -3.65. The fraction of sp³-hybridized carbons (Fsp3) is 0.963. The van der Waals surface area contributed by atoms with Crippen LogP contribution in [-0.2, 0) is 38.0 Å². The van der Waals surface area contributed by atoms with Crippen molar-refractivity contribution in [3.05, 3.63) is 0 Å². The minimum absolute atomic E-state index is 0.00544. The zero-order valence-corrected chi connectivity index (χ0v) is 23.6. The average Bonchev–Trinajstić information content (AvgIpc) is 3.51. The molecule has 0 aromatic heterocycles. The largest absolute Gasteiger partial charge is 0.460 e. The highest BCUT2D eigenvalue weighted by molar-refractivity contribution is 7.86. The van der Waals surface area contributed by atoms with E-state index in [4.69, 9.17) is 23.1 Å². The van der Waals surface area contributed by atoms with Crippen molar-refractivity contribution in [2.45, 2.75) is 159 Å². The Labute approximate surface area is 218 Å². The van der Waals surface area contributed by atoms with Crippen molar-refractivity contribution in [1.29, 1.82) is 0 Å². The minimum atomic E-state index is -3.65. The van der Waals surface area contributed by atoms with E-state index in [-0.39, 0.29) is 36.5 Å². The Kier molecular flexibility index (Phi) is 11.5. The van der Waals surface area contributed by atoms with Gasteiger partial charge in [0.15, 0.2) is 5.79 Å². The average molecular weight is 533 g/mol. The Bertz CT molecular complexity index is 783. The summed E-state index contributed by atoms with van der Waals surface area (Å²) in [6.07, 6.45) is 14.2. The topological polar surface area (TPSA) is 97.4 Å². The van der Waals surface area contributed by atoms with Gasteiger partial charge in [-0.15, -0.1) is 0 Å². The van der Waals surface area contributed by atoms with Gasteiger partial charge in [-0.05, 0) is 52.4 Å². The quantitative estimate of drug-likeness (QED) is 0.148. The maximum atomic E-state index is 12.0. The van der Waals surface area contributed by atoms with Crippen LogP contribution in [0.4, 0.5) is 0 Å². The smallest absolute Gasteiger partial charge is 0.306 e. The summed E-state index contributed by atoms with van der Waals surface area (Å²) < 4.78 is 53.5. The molecule has 8 nitrogen and oxygen atoms in total. The number of unbranched alkanes of at least 4 members (excludes halogenated alkanes) is 7. The van der Waals surface area contributed by atoms with Gasteiger partial charge in [0.2, 0.25) is 0 Å². The second-order valence-corrected chi connectivity index (χ2v) is 12.9. The molecule has 9 heteroatoms. The van der Waals surface area contributed by atoms with Crippen LogP contribution in [0.5, 0.6) is 0 Å². The Morgan fingerprint density at radius 3 is 2.17 bits per heavy atom. The first kappa shape index (κ1) is 29.8. The Balaban J connectivity index is 1.49. The molecule has 0 aromatic rings. The molecule has 36 heavy (non-hydrogen) atoms. The maximum Gasteiger partial charge on any atom is 0.306 e. The predicted octanol–water partition coefficient (Wildman–Crippen LogP) is 5.42. The minimum Gasteiger partial charge on any atom is -0.460 e. The van der Waals surface area contributed by atoms with E-state index in [0.717, 1.165) is 25.5 Å². The summed E-state index contributed by atoms with van der Waals surface area (Å²) in [5.41, 5.74) is 0. The third-order valence-electron chi connectivity index (χ3n) is 7.49. The van der Waals surface area contributed by atoms with Gasteiger partial charge in [0.1, 0.15) is 12.2 Å². The maximum absolute atomic E-state index is 12.0. The second-order valence-electron chi connectivity index (χ2n) is 11.2. The fourth-order valence-corrected chi connectivity index (χ4v) is 6.44. The molecular weight excluding hydrogens is 484 g/mol. The number of cyclic esters (lactones) is 1. The van der Waals surface area contributed by atoms with Crippen LogP contribution in [0.3, 0.4) is 0 Å². The van der Waals surface area contributed by atoms with Crippen LogP contribution in [0.25, 0.3) is 0 Å². The Hall–Kier alpha value is -0.740. The molecule has 0 N–H and O–H groups in total. The molecule has 3 rings (SSSR count). The van der Waals surface area contributed by atoms with Crippen LogP contribution in [0, 0.1) is 0 Å². The van der Waals surface area contributed by atoms with Gasteiger partial charge in [-0.25, -0.2) is 0 Å². The van der Waals surface area contributed by atoms with Crippen LogP contribution in [-0.4, -0.2) is 63.1 Å². The second kappa shape index (κ2) is 13.9. The molecule has 6 atom stereocenters. The van der Waals surface area contributed by atoms with E-state index in [9.17, 15) is 13.2 Å². The highest BCUT2D eigenvalue weighted by Gasteiger charge is 2.44. The van der Waals surface area contributed by atoms with Gasteiger partial charge < -0.3 is 18.9 Å². The first-order valence-corrected chi connectivity index (χ1v) is 16.0. The molecule has 0 radical (unpaired) electrons. The molecule has 0 amide bonds. The van der Waals surface area contributed by atoms with Gasteiger partial charge in [0.05, 0.1) is 30.7 Å². The van der Waals surface area contributed by atoms with Crippen LogP contribution in [0.1, 0.15) is 117 Å². The number of ether oxygens (including phenoxy) is 4. The van der Waals surface area contributed by atoms with Crippen LogP contribution < -0.4 is 0 Å². The van der Waals surface area contributed by atoms with Gasteiger partial charge in [-0.3, -0.25) is 8.98 Å². The van der Waals surface area contributed by atoms with Crippen LogP contribution >= 0.6 is 0 Å². The van der Waals surface area contributed by atoms with Crippen molar-refractivity contribution in [2.24, 2.45) is 0 Å². The number of hydrogen-bond acceptors (Lipinski definition) is 8. The Morgan fingerprint density at radius 1 is 0.917 bits per heavy atom. The first-order valence-electron chi connectivity index (χ1n) is 14.1. The zero-order chi connectivity index (χ0) is 26.2. The summed E-state index contributed by atoms with van der Waals surface area (Å²) in [5.74, 6) is -0.844. The number of rotatable bonds is 16. The van der Waals surface area contributed by atoms with Crippen LogP contribution in [0.15, 0.2) is 0 Å². The SMILES string of the molecule is CCCCCCCCCC[C@H]1OC(C)(C)O[C@@H]1CC[C@H](OS(C)(=O)=O)[C@@H]1CC[C@@H]([C@H]2CCC(=O)O2)O1. The molecule has 210 valence electrons. The Morgan fingerprint density at radius 2 is 1.56 bits per heavy atom. The first-order chi connectivity index (χ1) is 17.1. The van der Waals surface area contributed by atoms with Crippen molar-refractivity contribution >= 4 is 16.1 Å². The lowest BCUT2D eigenvalue weighted by atomic mass is 9.97. The van der Waals surface area contributed by atoms with E-state index in [1.165, 1.54) is 44.9 Å². The molecule has 0 aliphatic carbocycles. The van der Waals surface area contributed by atoms with Gasteiger partial charge in [-0.1, -0.05) is 58.3 Å². The molecule has 3 fully saturated rings. The third-order valence-corrected chi connectivity index (χ3v) is 8.09. The number of esters is 1. The molecule has 3 saturated heterocycles. The standard InChI is InChI=1S/C27H48O8S/c1-5-6-7-8-9-10-11-12-13-23-24(34-27(2,3)33-23)16-17-25(35-36(4,29)30)22-15-14-20(31-22)21-18-19-26(28)32-21/h20-25H,5-19H2,1-4H3/t20-,21+,22-,23+,24+,25-/m0/s1. The molecular formula is C27H48O8S. The lowest BCUT2D eigenvalue weighted by Crippen LogP contribution is -2.35. The van der Waals surface area contributed by atoms with E-state index < -0.39 is 22.0 Å². The summed E-state index contributed by atoms with van der Waals surface area (Å²) in [6, 6.07) is 0. The van der Waals surface area contributed by atoms with Crippen molar-refractivity contribution in [1.82, 2.24) is 0 Å².